The van der Waals surface area contributed by atoms with Crippen molar-refractivity contribution in [3.63, 3.8) is 0 Å². The maximum atomic E-state index is 9.36. The molecule has 0 atom stereocenters. The summed E-state index contributed by atoms with van der Waals surface area (Å²) in [6, 6.07) is 19.1. The van der Waals surface area contributed by atoms with Crippen molar-refractivity contribution in [1.82, 2.24) is 4.57 Å². The van der Waals surface area contributed by atoms with E-state index >= 15 is 0 Å². The number of hydrogen-bond acceptors (Lipinski definition) is 3. The van der Waals surface area contributed by atoms with Crippen LogP contribution in [0.5, 0.6) is 0 Å². The second-order valence-corrected chi connectivity index (χ2v) is 5.23. The molecule has 24 heavy (non-hydrogen) atoms. The predicted octanol–water partition coefficient (Wildman–Crippen LogP) is 4.30. The monoisotopic (exact) mass is 308 g/mol. The fraction of sp³-hybridized carbons (Fsp3) is 0.0500. The number of nitrogens with zero attached hydrogens (tertiary/aromatic N) is 4. The Morgan fingerprint density at radius 3 is 2.33 bits per heavy atom. The Labute approximate surface area is 139 Å². The van der Waals surface area contributed by atoms with E-state index < -0.39 is 0 Å². The highest BCUT2D eigenvalue weighted by Crippen LogP contribution is 2.31. The van der Waals surface area contributed by atoms with Gasteiger partial charge in [0.1, 0.15) is 23.8 Å². The quantitative estimate of drug-likeness (QED) is 0.534. The molecule has 1 aromatic heterocycles. The molecule has 2 aromatic carbocycles. The highest BCUT2D eigenvalue weighted by atomic mass is 15.0. The topological polar surface area (TPSA) is 76.3 Å². The molecule has 4 nitrogen and oxygen atoms in total. The van der Waals surface area contributed by atoms with E-state index in [4.69, 9.17) is 10.5 Å². The number of benzene rings is 2. The summed E-state index contributed by atoms with van der Waals surface area (Å²) >= 11 is 0. The van der Waals surface area contributed by atoms with Crippen LogP contribution in [0.3, 0.4) is 0 Å². The van der Waals surface area contributed by atoms with Crippen LogP contribution in [0.2, 0.25) is 0 Å². The minimum absolute atomic E-state index is 0.0995. The second-order valence-electron chi connectivity index (χ2n) is 5.23. The molecule has 0 aliphatic carbocycles. The Bertz CT molecular complexity index is 1110. The van der Waals surface area contributed by atoms with Crippen molar-refractivity contribution in [3.05, 3.63) is 66.3 Å². The summed E-state index contributed by atoms with van der Waals surface area (Å²) in [5, 5.41) is 29.5. The van der Waals surface area contributed by atoms with Crippen molar-refractivity contribution in [2.45, 2.75) is 6.54 Å². The van der Waals surface area contributed by atoms with Crippen LogP contribution in [0.1, 0.15) is 5.56 Å². The zero-order valence-electron chi connectivity index (χ0n) is 12.8. The molecule has 0 saturated heterocycles. The Morgan fingerprint density at radius 1 is 0.958 bits per heavy atom. The van der Waals surface area contributed by atoms with Crippen LogP contribution in [0, 0.1) is 34.0 Å². The third kappa shape index (κ3) is 2.22. The van der Waals surface area contributed by atoms with Gasteiger partial charge in [0.2, 0.25) is 0 Å². The summed E-state index contributed by atoms with van der Waals surface area (Å²) < 4.78 is 2.15. The molecular weight excluding hydrogens is 296 g/mol. The molecule has 3 rings (SSSR count). The molecule has 3 aromatic rings. The van der Waals surface area contributed by atoms with E-state index in [-0.39, 0.29) is 11.1 Å². The Morgan fingerprint density at radius 2 is 1.67 bits per heavy atom. The van der Waals surface area contributed by atoms with Crippen LogP contribution in [0.15, 0.2) is 60.7 Å². The molecular formula is C20H12N4. The largest absolute Gasteiger partial charge is 0.337 e. The van der Waals surface area contributed by atoms with Gasteiger partial charge < -0.3 is 4.57 Å². The van der Waals surface area contributed by atoms with Gasteiger partial charge in [0, 0.05) is 28.4 Å². The normalized spacial score (nSPS) is 9.88. The maximum absolute atomic E-state index is 9.36. The molecule has 0 bridgehead atoms. The molecule has 0 aliphatic rings. The van der Waals surface area contributed by atoms with Crippen LogP contribution in [0.4, 0.5) is 0 Å². The van der Waals surface area contributed by atoms with E-state index in [2.05, 4.69) is 11.1 Å². The number of hydrogen-bond donors (Lipinski definition) is 0. The van der Waals surface area contributed by atoms with E-state index in [0.29, 0.717) is 12.1 Å². The Kier molecular flexibility index (Phi) is 3.86. The number of fused-ring (bicyclic) bond motifs is 3. The van der Waals surface area contributed by atoms with Crippen LogP contribution < -0.4 is 0 Å². The summed E-state index contributed by atoms with van der Waals surface area (Å²) in [6.45, 7) is 4.48. The van der Waals surface area contributed by atoms with Gasteiger partial charge in [-0.1, -0.05) is 30.3 Å². The summed E-state index contributed by atoms with van der Waals surface area (Å²) in [6.07, 6.45) is 1.84. The fourth-order valence-corrected chi connectivity index (χ4v) is 2.94. The average molecular weight is 308 g/mol. The first-order valence-corrected chi connectivity index (χ1v) is 7.32. The van der Waals surface area contributed by atoms with Crippen LogP contribution in [-0.2, 0) is 6.54 Å². The van der Waals surface area contributed by atoms with Crippen molar-refractivity contribution in [1.29, 1.82) is 15.8 Å². The number of allylic oxidation sites excluding steroid dienone is 3. The van der Waals surface area contributed by atoms with E-state index in [1.54, 1.807) is 18.2 Å². The summed E-state index contributed by atoms with van der Waals surface area (Å²) in [5.41, 5.74) is 2.60. The highest BCUT2D eigenvalue weighted by molar-refractivity contribution is 6.09. The SMILES string of the molecule is C=CCn1c2ccccc2c2cc(C(C#N)=C(C#N)C#N)ccc21. The van der Waals surface area contributed by atoms with Gasteiger partial charge in [-0.25, -0.2) is 0 Å². The van der Waals surface area contributed by atoms with Gasteiger partial charge in [0.25, 0.3) is 0 Å². The maximum Gasteiger partial charge on any atom is 0.148 e. The number of nitriles is 3. The average Bonchev–Trinajstić information content (AvgIpc) is 2.93. The zero-order chi connectivity index (χ0) is 17.1. The molecule has 0 amide bonds. The molecule has 0 unspecified atom stereocenters. The molecule has 4 heteroatoms. The van der Waals surface area contributed by atoms with Crippen molar-refractivity contribution >= 4 is 27.4 Å². The Balaban J connectivity index is 2.39. The lowest BCUT2D eigenvalue weighted by Crippen LogP contribution is -1.94. The first kappa shape index (κ1) is 15.1. The van der Waals surface area contributed by atoms with Gasteiger partial charge in [-0.15, -0.1) is 6.58 Å². The summed E-state index contributed by atoms with van der Waals surface area (Å²) in [5.74, 6) is 0. The lowest BCUT2D eigenvalue weighted by Gasteiger charge is -2.04. The summed E-state index contributed by atoms with van der Waals surface area (Å²) in [4.78, 5) is 0. The fourth-order valence-electron chi connectivity index (χ4n) is 2.94. The first-order valence-electron chi connectivity index (χ1n) is 7.32. The van der Waals surface area contributed by atoms with Crippen LogP contribution >= 0.6 is 0 Å². The standard InChI is InChI=1S/C20H12N4/c1-2-9-24-19-6-4-3-5-16(19)17-10-14(7-8-20(17)24)18(13-23)15(11-21)12-22/h2-8,10H,1,9H2. The molecule has 0 fully saturated rings. The smallest absolute Gasteiger partial charge is 0.148 e. The Hall–Kier alpha value is -3.81. The third-order valence-electron chi connectivity index (χ3n) is 3.96. The van der Waals surface area contributed by atoms with Gasteiger partial charge in [-0.2, -0.15) is 15.8 Å². The molecule has 0 N–H and O–H groups in total. The molecule has 0 aliphatic heterocycles. The molecule has 0 saturated carbocycles. The van der Waals surface area contributed by atoms with Crippen molar-refractivity contribution in [3.8, 4) is 18.2 Å². The van der Waals surface area contributed by atoms with Gasteiger partial charge in [0.05, 0.1) is 5.57 Å². The van der Waals surface area contributed by atoms with Gasteiger partial charge >= 0.3 is 0 Å². The molecule has 112 valence electrons. The van der Waals surface area contributed by atoms with E-state index in [1.807, 2.05) is 48.5 Å². The molecule has 0 radical (unpaired) electrons. The number of rotatable bonds is 3. The summed E-state index contributed by atoms with van der Waals surface area (Å²) in [7, 11) is 0. The highest BCUT2D eigenvalue weighted by Gasteiger charge is 2.13. The second kappa shape index (κ2) is 6.13. The van der Waals surface area contributed by atoms with Gasteiger partial charge in [0.15, 0.2) is 0 Å². The van der Waals surface area contributed by atoms with Crippen LogP contribution in [-0.4, -0.2) is 4.57 Å². The van der Waals surface area contributed by atoms with E-state index in [0.717, 1.165) is 21.8 Å². The lowest BCUT2D eigenvalue weighted by atomic mass is 10.00. The third-order valence-corrected chi connectivity index (χ3v) is 3.96. The van der Waals surface area contributed by atoms with Gasteiger partial charge in [-0.3, -0.25) is 0 Å². The molecule has 1 heterocycles. The number of para-hydroxylation sites is 1. The van der Waals surface area contributed by atoms with Crippen molar-refractivity contribution in [2.24, 2.45) is 0 Å². The number of aromatic nitrogens is 1. The minimum Gasteiger partial charge on any atom is -0.337 e. The van der Waals surface area contributed by atoms with Crippen molar-refractivity contribution < 1.29 is 0 Å². The van der Waals surface area contributed by atoms with E-state index in [9.17, 15) is 5.26 Å². The van der Waals surface area contributed by atoms with Crippen LogP contribution in [0.25, 0.3) is 27.4 Å². The van der Waals surface area contributed by atoms with Gasteiger partial charge in [-0.05, 0) is 23.8 Å². The van der Waals surface area contributed by atoms with E-state index in [1.165, 1.54) is 0 Å². The minimum atomic E-state index is -0.174. The zero-order valence-corrected chi connectivity index (χ0v) is 12.8. The first-order chi connectivity index (χ1) is 11.7. The lowest BCUT2D eigenvalue weighted by molar-refractivity contribution is 0.901. The molecule has 0 spiro atoms. The van der Waals surface area contributed by atoms with Crippen molar-refractivity contribution in [2.75, 3.05) is 0 Å². The predicted molar refractivity (Wildman–Crippen MR) is 93.4 cm³/mol.